The smallest absolute Gasteiger partial charge is 0.221 e. The van der Waals surface area contributed by atoms with E-state index in [1.165, 1.54) is 7.11 Å². The number of ether oxygens (including phenoxy) is 2. The third kappa shape index (κ3) is 5.77. The van der Waals surface area contributed by atoms with Crippen LogP contribution in [-0.4, -0.2) is 24.7 Å². The Hall–Kier alpha value is -3.48. The van der Waals surface area contributed by atoms with Gasteiger partial charge in [-0.25, -0.2) is 0 Å². The molecule has 2 aromatic rings. The van der Waals surface area contributed by atoms with Gasteiger partial charge in [0, 0.05) is 6.42 Å². The van der Waals surface area contributed by atoms with Gasteiger partial charge < -0.3 is 19.9 Å². The van der Waals surface area contributed by atoms with Crippen molar-refractivity contribution >= 4 is 5.91 Å². The minimum Gasteiger partial charge on any atom is -0.493 e. The Morgan fingerprint density at radius 3 is 2.54 bits per heavy atom. The number of nitriles is 1. The Labute approximate surface area is 164 Å². The summed E-state index contributed by atoms with van der Waals surface area (Å²) < 4.78 is 10.7. The molecule has 0 saturated heterocycles. The number of hydrogen-bond donors (Lipinski definition) is 2. The Morgan fingerprint density at radius 1 is 1.21 bits per heavy atom. The molecular weight excluding hydrogens is 356 g/mol. The summed E-state index contributed by atoms with van der Waals surface area (Å²) in [7, 11) is 1.54. The number of carbonyl (C=O) groups excluding carboxylic acids is 1. The Kier molecular flexibility index (Phi) is 7.90. The van der Waals surface area contributed by atoms with Crippen LogP contribution in [0.4, 0.5) is 0 Å². The van der Waals surface area contributed by atoms with Gasteiger partial charge in [-0.2, -0.15) is 5.26 Å². The van der Waals surface area contributed by atoms with Crippen LogP contribution >= 0.6 is 0 Å². The van der Waals surface area contributed by atoms with Gasteiger partial charge in [0.05, 0.1) is 19.8 Å². The molecule has 2 rings (SSSR count). The van der Waals surface area contributed by atoms with Crippen LogP contribution < -0.4 is 14.8 Å². The zero-order valence-corrected chi connectivity index (χ0v) is 15.6. The van der Waals surface area contributed by atoms with Crippen molar-refractivity contribution < 1.29 is 19.4 Å². The molecule has 0 bridgehead atoms. The molecule has 6 heteroatoms. The summed E-state index contributed by atoms with van der Waals surface area (Å²) in [6.45, 7) is 0.0762. The highest BCUT2D eigenvalue weighted by Crippen LogP contribution is 2.28. The number of aliphatic hydroxyl groups excluding tert-OH is 1. The second-order valence-corrected chi connectivity index (χ2v) is 6.01. The van der Waals surface area contributed by atoms with Crippen molar-refractivity contribution in [3.05, 3.63) is 59.2 Å². The number of methoxy groups -OCH3 is 1. The summed E-state index contributed by atoms with van der Waals surface area (Å²) in [6, 6.07) is 13.6. The maximum atomic E-state index is 12.3. The van der Waals surface area contributed by atoms with Gasteiger partial charge in [0.1, 0.15) is 12.6 Å². The summed E-state index contributed by atoms with van der Waals surface area (Å²) in [4.78, 5) is 12.3. The van der Waals surface area contributed by atoms with Crippen molar-refractivity contribution in [1.29, 1.82) is 5.26 Å². The Morgan fingerprint density at radius 2 is 1.93 bits per heavy atom. The van der Waals surface area contributed by atoms with Crippen LogP contribution in [0.3, 0.4) is 0 Å². The number of terminal acetylenes is 1. The van der Waals surface area contributed by atoms with E-state index in [1.807, 2.05) is 6.07 Å². The van der Waals surface area contributed by atoms with Crippen LogP contribution in [0.5, 0.6) is 11.5 Å². The maximum Gasteiger partial charge on any atom is 0.221 e. The molecule has 0 spiro atoms. The van der Waals surface area contributed by atoms with E-state index in [4.69, 9.17) is 21.0 Å². The third-order valence-electron chi connectivity index (χ3n) is 4.11. The molecular formula is C22H22N2O4. The molecule has 1 unspecified atom stereocenters. The molecule has 0 aliphatic heterocycles. The Bertz CT molecular complexity index is 879. The van der Waals surface area contributed by atoms with Crippen LogP contribution in [0, 0.1) is 23.7 Å². The van der Waals surface area contributed by atoms with E-state index in [1.54, 1.807) is 36.4 Å². The monoisotopic (exact) mass is 378 g/mol. The number of aliphatic hydroxyl groups is 1. The van der Waals surface area contributed by atoms with E-state index in [0.29, 0.717) is 23.5 Å². The number of nitrogens with one attached hydrogen (secondary N) is 1. The van der Waals surface area contributed by atoms with E-state index < -0.39 is 6.04 Å². The van der Waals surface area contributed by atoms with E-state index >= 15 is 0 Å². The second kappa shape index (κ2) is 10.6. The zero-order chi connectivity index (χ0) is 20.4. The first kappa shape index (κ1) is 20.8. The number of benzene rings is 2. The predicted molar refractivity (Wildman–Crippen MR) is 105 cm³/mol. The van der Waals surface area contributed by atoms with Crippen molar-refractivity contribution in [1.82, 2.24) is 5.32 Å². The van der Waals surface area contributed by atoms with Gasteiger partial charge in [-0.3, -0.25) is 4.79 Å². The minimum atomic E-state index is -0.741. The van der Waals surface area contributed by atoms with Crippen LogP contribution in [0.15, 0.2) is 42.5 Å². The molecule has 1 amide bonds. The first-order valence-electron chi connectivity index (χ1n) is 8.73. The molecule has 1 atom stereocenters. The molecule has 144 valence electrons. The molecule has 2 aromatic carbocycles. The number of nitrogens with zero attached hydrogens (tertiary/aromatic N) is 1. The molecule has 0 aromatic heterocycles. The van der Waals surface area contributed by atoms with E-state index in [0.717, 1.165) is 11.1 Å². The SMILES string of the molecule is C#CCOc1ccc(CCC(=O)NC(C#N)c2ccc(CO)cc2)cc1OC. The van der Waals surface area contributed by atoms with Crippen molar-refractivity contribution in [2.24, 2.45) is 0 Å². The summed E-state index contributed by atoms with van der Waals surface area (Å²) in [6.07, 6.45) is 5.90. The van der Waals surface area contributed by atoms with E-state index in [2.05, 4.69) is 17.3 Å². The average Bonchev–Trinajstić information content (AvgIpc) is 2.74. The van der Waals surface area contributed by atoms with Crippen molar-refractivity contribution in [3.63, 3.8) is 0 Å². The topological polar surface area (TPSA) is 91.6 Å². The molecule has 2 N–H and O–H groups in total. The lowest BCUT2D eigenvalue weighted by atomic mass is 10.0. The maximum absolute atomic E-state index is 12.3. The normalized spacial score (nSPS) is 11.0. The Balaban J connectivity index is 1.95. The van der Waals surface area contributed by atoms with Crippen molar-refractivity contribution in [2.75, 3.05) is 13.7 Å². The summed E-state index contributed by atoms with van der Waals surface area (Å²) in [5.41, 5.74) is 2.32. The summed E-state index contributed by atoms with van der Waals surface area (Å²) >= 11 is 0. The van der Waals surface area contributed by atoms with Gasteiger partial charge in [-0.1, -0.05) is 36.3 Å². The highest BCUT2D eigenvalue weighted by atomic mass is 16.5. The van der Waals surface area contributed by atoms with Gasteiger partial charge in [-0.05, 0) is 35.2 Å². The number of rotatable bonds is 9. The molecule has 0 radical (unpaired) electrons. The van der Waals surface area contributed by atoms with Crippen LogP contribution in [-0.2, 0) is 17.8 Å². The molecule has 0 aliphatic rings. The van der Waals surface area contributed by atoms with E-state index in [-0.39, 0.29) is 25.5 Å². The summed E-state index contributed by atoms with van der Waals surface area (Å²) in [5, 5.41) is 21.2. The number of carbonyl (C=O) groups is 1. The van der Waals surface area contributed by atoms with Gasteiger partial charge in [0.2, 0.25) is 5.91 Å². The van der Waals surface area contributed by atoms with Gasteiger partial charge >= 0.3 is 0 Å². The minimum absolute atomic E-state index is 0.0696. The quantitative estimate of drug-likeness (QED) is 0.654. The molecule has 6 nitrogen and oxygen atoms in total. The first-order valence-corrected chi connectivity index (χ1v) is 8.73. The fraction of sp³-hybridized carbons (Fsp3) is 0.273. The highest BCUT2D eigenvalue weighted by molar-refractivity contribution is 5.77. The number of hydrogen-bond acceptors (Lipinski definition) is 5. The lowest BCUT2D eigenvalue weighted by Crippen LogP contribution is -2.27. The van der Waals surface area contributed by atoms with Crippen molar-refractivity contribution in [3.8, 4) is 29.9 Å². The largest absolute Gasteiger partial charge is 0.493 e. The highest BCUT2D eigenvalue weighted by Gasteiger charge is 2.14. The van der Waals surface area contributed by atoms with Gasteiger partial charge in [-0.15, -0.1) is 6.42 Å². The average molecular weight is 378 g/mol. The fourth-order valence-corrected chi connectivity index (χ4v) is 2.60. The molecule has 28 heavy (non-hydrogen) atoms. The van der Waals surface area contributed by atoms with Crippen LogP contribution in [0.25, 0.3) is 0 Å². The third-order valence-corrected chi connectivity index (χ3v) is 4.11. The zero-order valence-electron chi connectivity index (χ0n) is 15.6. The van der Waals surface area contributed by atoms with Crippen LogP contribution in [0.1, 0.15) is 29.2 Å². The fourth-order valence-electron chi connectivity index (χ4n) is 2.60. The van der Waals surface area contributed by atoms with Gasteiger partial charge in [0.15, 0.2) is 11.5 Å². The molecule has 0 heterocycles. The predicted octanol–water partition coefficient (Wildman–Crippen LogP) is 2.51. The standard InChI is InChI=1S/C22H22N2O4/c1-3-12-28-20-10-6-16(13-21(20)27-2)7-11-22(26)24-19(14-23)18-8-4-17(15-25)5-9-18/h1,4-6,8-10,13,19,25H,7,11-12,15H2,2H3,(H,24,26). The first-order chi connectivity index (χ1) is 13.6. The molecule has 0 fully saturated rings. The van der Waals surface area contributed by atoms with Crippen molar-refractivity contribution in [2.45, 2.75) is 25.5 Å². The molecule has 0 saturated carbocycles. The lowest BCUT2D eigenvalue weighted by Gasteiger charge is -2.13. The second-order valence-electron chi connectivity index (χ2n) is 6.01. The molecule has 0 aliphatic carbocycles. The van der Waals surface area contributed by atoms with Crippen LogP contribution in [0.2, 0.25) is 0 Å². The van der Waals surface area contributed by atoms with Gasteiger partial charge in [0.25, 0.3) is 0 Å². The summed E-state index contributed by atoms with van der Waals surface area (Å²) in [5.74, 6) is 3.26. The van der Waals surface area contributed by atoms with E-state index in [9.17, 15) is 10.1 Å². The number of aryl methyl sites for hydroxylation is 1. The number of amides is 1. The lowest BCUT2D eigenvalue weighted by molar-refractivity contribution is -0.121.